The van der Waals surface area contributed by atoms with Crippen molar-refractivity contribution in [3.63, 3.8) is 0 Å². The van der Waals surface area contributed by atoms with Gasteiger partial charge in [-0.05, 0) is 70.4 Å². The van der Waals surface area contributed by atoms with Crippen LogP contribution in [0, 0.1) is 13.8 Å². The largest absolute Gasteiger partial charge is 0.299 e. The van der Waals surface area contributed by atoms with Crippen LogP contribution in [0.2, 0.25) is 0 Å². The Morgan fingerprint density at radius 3 is 2.15 bits per heavy atom. The molecule has 2 aromatic rings. The Morgan fingerprint density at radius 2 is 1.70 bits per heavy atom. The molecule has 0 amide bonds. The number of ketones is 1. The summed E-state index contributed by atoms with van der Waals surface area (Å²) in [5.41, 5.74) is 3.41. The standard InChI is InChI=1S/C20H26N2O4S/c1-8-22-20(24)18(14(6)21-22)19(23)15-9-10-16(27(7,25)26)17(13(15)5)12(4)11(2)3/h9-10,21H,8H2,1-7H3. The van der Waals surface area contributed by atoms with Gasteiger partial charge in [-0.15, -0.1) is 0 Å². The van der Waals surface area contributed by atoms with Gasteiger partial charge >= 0.3 is 0 Å². The highest BCUT2D eigenvalue weighted by Crippen LogP contribution is 2.31. The molecule has 7 heteroatoms. The monoisotopic (exact) mass is 390 g/mol. The number of aromatic nitrogens is 2. The molecule has 1 aromatic carbocycles. The molecular formula is C20H26N2O4S. The SMILES string of the molecule is CCn1[nH]c(C)c(C(=O)c2ccc(S(C)(=O)=O)c(C(C)=C(C)C)c2C)c1=O. The van der Waals surface area contributed by atoms with Gasteiger partial charge in [0.2, 0.25) is 5.78 Å². The van der Waals surface area contributed by atoms with Crippen molar-refractivity contribution in [3.8, 4) is 0 Å². The number of carbonyl (C=O) groups is 1. The zero-order chi connectivity index (χ0) is 20.7. The number of aromatic amines is 1. The Hall–Kier alpha value is -2.41. The van der Waals surface area contributed by atoms with Crippen LogP contribution in [-0.4, -0.2) is 30.2 Å². The molecule has 0 bridgehead atoms. The number of sulfone groups is 1. The van der Waals surface area contributed by atoms with Crippen LogP contribution in [0.3, 0.4) is 0 Å². The minimum absolute atomic E-state index is 0.0906. The number of allylic oxidation sites excluding steroid dienone is 2. The number of rotatable bonds is 5. The van der Waals surface area contributed by atoms with Crippen molar-refractivity contribution in [2.45, 2.75) is 53.0 Å². The van der Waals surface area contributed by atoms with Gasteiger partial charge in [-0.2, -0.15) is 0 Å². The summed E-state index contributed by atoms with van der Waals surface area (Å²) < 4.78 is 25.9. The van der Waals surface area contributed by atoms with Gasteiger partial charge < -0.3 is 0 Å². The summed E-state index contributed by atoms with van der Waals surface area (Å²) in [6.07, 6.45) is 1.15. The number of hydrogen-bond acceptors (Lipinski definition) is 4. The highest BCUT2D eigenvalue weighted by molar-refractivity contribution is 7.90. The van der Waals surface area contributed by atoms with Crippen LogP contribution in [0.25, 0.3) is 5.57 Å². The van der Waals surface area contributed by atoms with Crippen LogP contribution < -0.4 is 5.56 Å². The molecule has 0 saturated heterocycles. The average Bonchev–Trinajstić information content (AvgIpc) is 2.86. The Kier molecular flexibility index (Phi) is 5.65. The maximum absolute atomic E-state index is 13.1. The average molecular weight is 391 g/mol. The first kappa shape index (κ1) is 20.9. The maximum atomic E-state index is 13.1. The molecule has 1 heterocycles. The molecule has 0 aliphatic carbocycles. The molecule has 0 aliphatic rings. The second-order valence-electron chi connectivity index (χ2n) is 7.00. The molecule has 146 valence electrons. The third-order valence-corrected chi connectivity index (χ3v) is 6.01. The minimum atomic E-state index is -3.48. The zero-order valence-corrected chi connectivity index (χ0v) is 17.7. The lowest BCUT2D eigenvalue weighted by atomic mass is 9.91. The molecule has 1 aromatic heterocycles. The topological polar surface area (TPSA) is 89.0 Å². The third-order valence-electron chi connectivity index (χ3n) is 4.88. The lowest BCUT2D eigenvalue weighted by Gasteiger charge is -2.16. The predicted molar refractivity (Wildman–Crippen MR) is 107 cm³/mol. The second-order valence-corrected chi connectivity index (χ2v) is 8.98. The Balaban J connectivity index is 2.83. The fraction of sp³-hybridized carbons (Fsp3) is 0.400. The lowest BCUT2D eigenvalue weighted by Crippen LogP contribution is -2.22. The molecular weight excluding hydrogens is 364 g/mol. The molecule has 1 N–H and O–H groups in total. The molecule has 0 saturated carbocycles. The van der Waals surface area contributed by atoms with Gasteiger partial charge in [0.25, 0.3) is 5.56 Å². The number of aryl methyl sites for hydroxylation is 2. The van der Waals surface area contributed by atoms with E-state index in [0.29, 0.717) is 28.9 Å². The first-order valence-electron chi connectivity index (χ1n) is 8.74. The maximum Gasteiger partial charge on any atom is 0.278 e. The smallest absolute Gasteiger partial charge is 0.278 e. The van der Waals surface area contributed by atoms with Crippen LogP contribution >= 0.6 is 0 Å². The van der Waals surface area contributed by atoms with Crippen LogP contribution in [0.5, 0.6) is 0 Å². The fourth-order valence-corrected chi connectivity index (χ4v) is 4.18. The van der Waals surface area contributed by atoms with Crippen molar-refractivity contribution in [3.05, 3.63) is 56.0 Å². The first-order chi connectivity index (χ1) is 12.4. The number of benzene rings is 1. The highest BCUT2D eigenvalue weighted by atomic mass is 32.2. The van der Waals surface area contributed by atoms with E-state index in [-0.39, 0.29) is 16.0 Å². The Morgan fingerprint density at radius 1 is 1.11 bits per heavy atom. The van der Waals surface area contributed by atoms with Crippen LogP contribution in [0.1, 0.15) is 60.4 Å². The van der Waals surface area contributed by atoms with Gasteiger partial charge in [0.15, 0.2) is 9.84 Å². The number of hydrogen-bond donors (Lipinski definition) is 1. The van der Waals surface area contributed by atoms with Crippen LogP contribution in [0.4, 0.5) is 0 Å². The van der Waals surface area contributed by atoms with Crippen molar-refractivity contribution >= 4 is 21.2 Å². The highest BCUT2D eigenvalue weighted by Gasteiger charge is 2.25. The summed E-state index contributed by atoms with van der Waals surface area (Å²) in [4.78, 5) is 25.8. The molecule has 0 unspecified atom stereocenters. The van der Waals surface area contributed by atoms with Crippen molar-refractivity contribution in [2.75, 3.05) is 6.26 Å². The second kappa shape index (κ2) is 7.31. The van der Waals surface area contributed by atoms with Crippen LogP contribution in [0.15, 0.2) is 27.4 Å². The summed E-state index contributed by atoms with van der Waals surface area (Å²) in [7, 11) is -3.48. The van der Waals surface area contributed by atoms with E-state index in [2.05, 4.69) is 5.10 Å². The molecule has 0 fully saturated rings. The van der Waals surface area contributed by atoms with Gasteiger partial charge in [0.1, 0.15) is 5.56 Å². The number of carbonyl (C=O) groups excluding carboxylic acids is 1. The lowest BCUT2D eigenvalue weighted by molar-refractivity contribution is 0.103. The number of H-pyrrole nitrogens is 1. The van der Waals surface area contributed by atoms with E-state index < -0.39 is 15.6 Å². The summed E-state index contributed by atoms with van der Waals surface area (Å²) in [6, 6.07) is 2.95. The zero-order valence-electron chi connectivity index (χ0n) is 16.9. The van der Waals surface area contributed by atoms with Gasteiger partial charge in [0.05, 0.1) is 4.90 Å². The van der Waals surface area contributed by atoms with E-state index in [1.807, 2.05) is 27.7 Å². The fourth-order valence-electron chi connectivity index (χ4n) is 3.19. The van der Waals surface area contributed by atoms with E-state index in [9.17, 15) is 18.0 Å². The third kappa shape index (κ3) is 3.69. The Bertz CT molecular complexity index is 1110. The predicted octanol–water partition coefficient (Wildman–Crippen LogP) is 3.26. The molecule has 0 aliphatic heterocycles. The summed E-state index contributed by atoms with van der Waals surface area (Å²) in [5, 5.41) is 2.90. The van der Waals surface area contributed by atoms with E-state index in [0.717, 1.165) is 17.4 Å². The molecule has 6 nitrogen and oxygen atoms in total. The van der Waals surface area contributed by atoms with Crippen molar-refractivity contribution in [1.82, 2.24) is 9.78 Å². The molecule has 0 spiro atoms. The summed E-state index contributed by atoms with van der Waals surface area (Å²) in [6.45, 7) is 11.3. The van der Waals surface area contributed by atoms with Crippen LogP contribution in [-0.2, 0) is 16.4 Å². The molecule has 27 heavy (non-hydrogen) atoms. The summed E-state index contributed by atoms with van der Waals surface area (Å²) >= 11 is 0. The summed E-state index contributed by atoms with van der Waals surface area (Å²) in [5.74, 6) is -0.402. The first-order valence-corrected chi connectivity index (χ1v) is 10.6. The van der Waals surface area contributed by atoms with E-state index in [4.69, 9.17) is 0 Å². The van der Waals surface area contributed by atoms with E-state index in [1.54, 1.807) is 13.8 Å². The number of nitrogens with one attached hydrogen (secondary N) is 1. The van der Waals surface area contributed by atoms with Gasteiger partial charge in [-0.3, -0.25) is 19.4 Å². The quantitative estimate of drug-likeness (QED) is 0.794. The van der Waals surface area contributed by atoms with Gasteiger partial charge in [-0.25, -0.2) is 8.42 Å². The van der Waals surface area contributed by atoms with Gasteiger partial charge in [0, 0.05) is 24.1 Å². The molecule has 0 radical (unpaired) electrons. The normalized spacial score (nSPS) is 11.5. The van der Waals surface area contributed by atoms with Crippen molar-refractivity contribution in [2.24, 2.45) is 0 Å². The van der Waals surface area contributed by atoms with E-state index in [1.165, 1.54) is 16.8 Å². The molecule has 0 atom stereocenters. The van der Waals surface area contributed by atoms with Crippen molar-refractivity contribution in [1.29, 1.82) is 0 Å². The van der Waals surface area contributed by atoms with E-state index >= 15 is 0 Å². The number of nitrogens with zero attached hydrogens (tertiary/aromatic N) is 1. The van der Waals surface area contributed by atoms with Crippen molar-refractivity contribution < 1.29 is 13.2 Å². The molecule has 2 rings (SSSR count). The Labute approximate surface area is 159 Å². The van der Waals surface area contributed by atoms with Gasteiger partial charge in [-0.1, -0.05) is 5.57 Å². The minimum Gasteiger partial charge on any atom is -0.299 e.